The molecule has 3 aromatic rings. The van der Waals surface area contributed by atoms with Crippen LogP contribution in [0.25, 0.3) is 11.0 Å². The van der Waals surface area contributed by atoms with Gasteiger partial charge < -0.3 is 14.3 Å². The summed E-state index contributed by atoms with van der Waals surface area (Å²) in [7, 11) is -2.82. The van der Waals surface area contributed by atoms with Crippen LogP contribution in [0.3, 0.4) is 0 Å². The zero-order chi connectivity index (χ0) is 21.2. The van der Waals surface area contributed by atoms with Crippen molar-refractivity contribution in [1.29, 1.82) is 0 Å². The summed E-state index contributed by atoms with van der Waals surface area (Å²) in [5.74, 6) is -1.53. The number of aromatic hydroxyl groups is 1. The average Bonchev–Trinajstić information content (AvgIpc) is 2.65. The molecule has 152 valence electrons. The molecule has 0 saturated heterocycles. The fourth-order valence-corrected chi connectivity index (χ4v) is 3.71. The third kappa shape index (κ3) is 4.61. The lowest BCUT2D eigenvalue weighted by atomic mass is 10.1. The highest BCUT2D eigenvalue weighted by Gasteiger charge is 2.23. The summed E-state index contributed by atoms with van der Waals surface area (Å²) in [6.07, 6.45) is 0. The molecule has 1 N–H and O–H groups in total. The van der Waals surface area contributed by atoms with Gasteiger partial charge in [0.15, 0.2) is 0 Å². The van der Waals surface area contributed by atoms with Crippen molar-refractivity contribution < 1.29 is 31.9 Å². The molecule has 0 atom stereocenters. The number of hydrogen-bond acceptors (Lipinski definition) is 7. The van der Waals surface area contributed by atoms with Crippen LogP contribution in [-0.2, 0) is 26.2 Å². The smallest absolute Gasteiger partial charge is 0.336 e. The van der Waals surface area contributed by atoms with Gasteiger partial charge in [-0.2, -0.15) is 4.31 Å². The van der Waals surface area contributed by atoms with Gasteiger partial charge in [0.25, 0.3) is 0 Å². The zero-order valence-electron chi connectivity index (χ0n) is 15.2. The van der Waals surface area contributed by atoms with Crippen LogP contribution in [0.5, 0.6) is 5.75 Å². The first-order chi connectivity index (χ1) is 13.7. The van der Waals surface area contributed by atoms with E-state index < -0.39 is 34.0 Å². The quantitative estimate of drug-likeness (QED) is 0.478. The minimum Gasteiger partial charge on any atom is -0.508 e. The molecule has 2 aromatic carbocycles. The van der Waals surface area contributed by atoms with E-state index in [2.05, 4.69) is 0 Å². The first-order valence-electron chi connectivity index (χ1n) is 8.30. The Balaban J connectivity index is 1.71. The minimum atomic E-state index is -4.01. The maximum Gasteiger partial charge on any atom is 0.336 e. The van der Waals surface area contributed by atoms with Crippen LogP contribution in [-0.4, -0.2) is 37.4 Å². The van der Waals surface area contributed by atoms with E-state index in [9.17, 15) is 27.5 Å². The maximum absolute atomic E-state index is 13.0. The van der Waals surface area contributed by atoms with Gasteiger partial charge >= 0.3 is 11.6 Å². The standard InChI is InChI=1S/C19H16FNO7S/c1-21(29(25,26)15-5-2-13(20)3-6-15)10-19(24)27-11-12-8-18(23)28-17-9-14(22)4-7-16(12)17/h2-9,22H,10-11H2,1H3. The zero-order valence-corrected chi connectivity index (χ0v) is 16.0. The number of halogens is 1. The summed E-state index contributed by atoms with van der Waals surface area (Å²) in [6, 6.07) is 9.48. The number of hydrogen-bond donors (Lipinski definition) is 1. The van der Waals surface area contributed by atoms with Gasteiger partial charge in [-0.1, -0.05) is 0 Å². The number of phenolic OH excluding ortho intramolecular Hbond substituents is 1. The molecule has 0 unspecified atom stereocenters. The Labute approximate surface area is 164 Å². The molecule has 0 spiro atoms. The monoisotopic (exact) mass is 421 g/mol. The van der Waals surface area contributed by atoms with Gasteiger partial charge in [0.1, 0.15) is 30.3 Å². The maximum atomic E-state index is 13.0. The summed E-state index contributed by atoms with van der Waals surface area (Å²) >= 11 is 0. The van der Waals surface area contributed by atoms with Crippen molar-refractivity contribution in [2.45, 2.75) is 11.5 Å². The van der Waals surface area contributed by atoms with E-state index >= 15 is 0 Å². The van der Waals surface area contributed by atoms with Gasteiger partial charge in [0, 0.05) is 30.1 Å². The number of sulfonamides is 1. The molecule has 0 radical (unpaired) electrons. The second-order valence-electron chi connectivity index (χ2n) is 6.15. The van der Waals surface area contributed by atoms with E-state index in [1.807, 2.05) is 0 Å². The van der Waals surface area contributed by atoms with Gasteiger partial charge in [0.05, 0.1) is 4.90 Å². The Hall–Kier alpha value is -3.24. The number of carbonyl (C=O) groups excluding carboxylic acids is 1. The van der Waals surface area contributed by atoms with Gasteiger partial charge in [0.2, 0.25) is 10.0 Å². The van der Waals surface area contributed by atoms with Crippen LogP contribution in [0.15, 0.2) is 62.6 Å². The number of phenols is 1. The van der Waals surface area contributed by atoms with E-state index in [0.717, 1.165) is 34.6 Å². The lowest BCUT2D eigenvalue weighted by molar-refractivity contribution is -0.144. The van der Waals surface area contributed by atoms with Gasteiger partial charge in [-0.05, 0) is 36.4 Å². The Kier molecular flexibility index (Phi) is 5.66. The third-order valence-electron chi connectivity index (χ3n) is 4.08. The fourth-order valence-electron chi connectivity index (χ4n) is 2.60. The summed E-state index contributed by atoms with van der Waals surface area (Å²) in [5, 5.41) is 9.94. The molecule has 0 saturated carbocycles. The number of fused-ring (bicyclic) bond motifs is 1. The molecular weight excluding hydrogens is 405 g/mol. The van der Waals surface area contributed by atoms with Crippen molar-refractivity contribution in [2.75, 3.05) is 13.6 Å². The highest BCUT2D eigenvalue weighted by Crippen LogP contribution is 2.22. The summed E-state index contributed by atoms with van der Waals surface area (Å²) in [4.78, 5) is 23.6. The van der Waals surface area contributed by atoms with Gasteiger partial charge in [-0.25, -0.2) is 17.6 Å². The minimum absolute atomic E-state index is 0.0950. The Morgan fingerprint density at radius 3 is 2.55 bits per heavy atom. The predicted molar refractivity (Wildman–Crippen MR) is 100 cm³/mol. The first kappa shape index (κ1) is 20.5. The van der Waals surface area contributed by atoms with Crippen molar-refractivity contribution in [3.05, 3.63) is 70.3 Å². The topological polar surface area (TPSA) is 114 Å². The lowest BCUT2D eigenvalue weighted by Crippen LogP contribution is -2.33. The van der Waals surface area contributed by atoms with Crippen molar-refractivity contribution in [3.8, 4) is 5.75 Å². The van der Waals surface area contributed by atoms with Crippen LogP contribution >= 0.6 is 0 Å². The number of nitrogens with zero attached hydrogens (tertiary/aromatic N) is 1. The van der Waals surface area contributed by atoms with Crippen LogP contribution < -0.4 is 5.63 Å². The van der Waals surface area contributed by atoms with E-state index in [1.165, 1.54) is 25.2 Å². The van der Waals surface area contributed by atoms with Gasteiger partial charge in [-0.15, -0.1) is 0 Å². The van der Waals surface area contributed by atoms with Crippen molar-refractivity contribution in [3.63, 3.8) is 0 Å². The van der Waals surface area contributed by atoms with E-state index in [4.69, 9.17) is 9.15 Å². The average molecular weight is 421 g/mol. The molecule has 1 heterocycles. The van der Waals surface area contributed by atoms with Gasteiger partial charge in [-0.3, -0.25) is 4.79 Å². The normalized spacial score (nSPS) is 11.7. The SMILES string of the molecule is CN(CC(=O)OCc1cc(=O)oc2cc(O)ccc12)S(=O)(=O)c1ccc(F)cc1. The second-order valence-corrected chi connectivity index (χ2v) is 8.19. The van der Waals surface area contributed by atoms with E-state index in [0.29, 0.717) is 10.9 Å². The molecule has 3 rings (SSSR count). The molecule has 8 nitrogen and oxygen atoms in total. The van der Waals surface area contributed by atoms with Crippen LogP contribution in [0.2, 0.25) is 0 Å². The van der Waals surface area contributed by atoms with Crippen molar-refractivity contribution >= 4 is 27.0 Å². The second kappa shape index (κ2) is 8.02. The fraction of sp³-hybridized carbons (Fsp3) is 0.158. The molecule has 10 heteroatoms. The van der Waals surface area contributed by atoms with Crippen molar-refractivity contribution in [1.82, 2.24) is 4.31 Å². The Bertz CT molecular complexity index is 1220. The molecule has 0 bridgehead atoms. The number of rotatable bonds is 6. The van der Waals surface area contributed by atoms with E-state index in [-0.39, 0.29) is 22.8 Å². The first-order valence-corrected chi connectivity index (χ1v) is 9.74. The highest BCUT2D eigenvalue weighted by molar-refractivity contribution is 7.89. The molecular formula is C19H16FNO7S. The lowest BCUT2D eigenvalue weighted by Gasteiger charge is -2.16. The van der Waals surface area contributed by atoms with E-state index in [1.54, 1.807) is 0 Å². The number of carbonyl (C=O) groups is 1. The molecule has 29 heavy (non-hydrogen) atoms. The van der Waals surface area contributed by atoms with Crippen LogP contribution in [0, 0.1) is 5.82 Å². The predicted octanol–water partition coefficient (Wildman–Crippen LogP) is 2.00. The Morgan fingerprint density at radius 1 is 1.17 bits per heavy atom. The molecule has 0 amide bonds. The molecule has 0 aliphatic rings. The number of esters is 1. The van der Waals surface area contributed by atoms with Crippen LogP contribution in [0.1, 0.15) is 5.56 Å². The summed E-state index contributed by atoms with van der Waals surface area (Å²) in [6.45, 7) is -0.879. The summed E-state index contributed by atoms with van der Waals surface area (Å²) < 4.78 is 48.7. The molecule has 0 aliphatic heterocycles. The number of benzene rings is 2. The molecule has 0 aliphatic carbocycles. The largest absolute Gasteiger partial charge is 0.508 e. The summed E-state index contributed by atoms with van der Waals surface area (Å²) in [5.41, 5.74) is -0.224. The third-order valence-corrected chi connectivity index (χ3v) is 5.89. The van der Waals surface area contributed by atoms with Crippen LogP contribution in [0.4, 0.5) is 4.39 Å². The molecule has 1 aromatic heterocycles. The number of likely N-dealkylation sites (N-methyl/N-ethyl adjacent to an activating group) is 1. The van der Waals surface area contributed by atoms with Crippen molar-refractivity contribution in [2.24, 2.45) is 0 Å². The molecule has 0 fully saturated rings. The Morgan fingerprint density at radius 2 is 1.86 bits per heavy atom. The highest BCUT2D eigenvalue weighted by atomic mass is 32.2. The number of ether oxygens (including phenoxy) is 1.